The molecule has 1 amide bonds. The fourth-order valence-corrected chi connectivity index (χ4v) is 2.51. The van der Waals surface area contributed by atoms with Gasteiger partial charge in [0.05, 0.1) is 6.61 Å². The maximum atomic E-state index is 12.3. The summed E-state index contributed by atoms with van der Waals surface area (Å²) in [6.45, 7) is 4.59. The van der Waals surface area contributed by atoms with E-state index in [-0.39, 0.29) is 5.91 Å². The van der Waals surface area contributed by atoms with E-state index in [0.29, 0.717) is 31.2 Å². The number of benzene rings is 1. The van der Waals surface area contributed by atoms with Gasteiger partial charge < -0.3 is 19.7 Å². The highest BCUT2D eigenvalue weighted by Gasteiger charge is 2.07. The van der Waals surface area contributed by atoms with Crippen molar-refractivity contribution < 1.29 is 14.3 Å². The third kappa shape index (κ3) is 6.90. The molecule has 1 heterocycles. The van der Waals surface area contributed by atoms with Crippen LogP contribution in [0.25, 0.3) is 0 Å². The summed E-state index contributed by atoms with van der Waals surface area (Å²) in [6.07, 6.45) is 4.02. The first-order valence-corrected chi connectivity index (χ1v) is 9.30. The molecule has 0 aliphatic carbocycles. The van der Waals surface area contributed by atoms with Crippen LogP contribution in [0, 0.1) is 0 Å². The monoisotopic (exact) mass is 371 g/mol. The zero-order valence-corrected chi connectivity index (χ0v) is 16.4. The van der Waals surface area contributed by atoms with Gasteiger partial charge in [-0.15, -0.1) is 0 Å². The fourth-order valence-electron chi connectivity index (χ4n) is 2.51. The average Bonchev–Trinajstić information content (AvgIpc) is 2.71. The van der Waals surface area contributed by atoms with Gasteiger partial charge in [0.25, 0.3) is 5.91 Å². The number of nitrogens with zero attached hydrogens (tertiary/aromatic N) is 2. The summed E-state index contributed by atoms with van der Waals surface area (Å²) in [5.74, 6) is 0.447. The molecule has 146 valence electrons. The van der Waals surface area contributed by atoms with Crippen molar-refractivity contribution in [3.8, 4) is 5.88 Å². The van der Waals surface area contributed by atoms with E-state index in [9.17, 15) is 4.79 Å². The first-order chi connectivity index (χ1) is 13.1. The summed E-state index contributed by atoms with van der Waals surface area (Å²) >= 11 is 0. The molecule has 1 aromatic heterocycles. The van der Waals surface area contributed by atoms with Gasteiger partial charge in [-0.05, 0) is 36.2 Å². The van der Waals surface area contributed by atoms with Crippen molar-refractivity contribution in [3.05, 3.63) is 53.7 Å². The molecule has 0 fully saturated rings. The Bertz CT molecular complexity index is 687. The van der Waals surface area contributed by atoms with Crippen LogP contribution in [-0.2, 0) is 11.3 Å². The molecule has 0 unspecified atom stereocenters. The summed E-state index contributed by atoms with van der Waals surface area (Å²) in [6, 6.07) is 11.4. The number of carbonyl (C=O) groups is 1. The van der Waals surface area contributed by atoms with Gasteiger partial charge in [0.15, 0.2) is 0 Å². The van der Waals surface area contributed by atoms with Crippen LogP contribution in [0.4, 0.5) is 5.69 Å². The molecule has 6 nitrogen and oxygen atoms in total. The number of anilines is 1. The van der Waals surface area contributed by atoms with Crippen LogP contribution < -0.4 is 15.0 Å². The lowest BCUT2D eigenvalue weighted by Gasteiger charge is -2.19. The van der Waals surface area contributed by atoms with Crippen molar-refractivity contribution >= 4 is 11.6 Å². The molecule has 0 aliphatic heterocycles. The van der Waals surface area contributed by atoms with E-state index in [1.807, 2.05) is 30.3 Å². The molecule has 0 saturated heterocycles. The van der Waals surface area contributed by atoms with Crippen LogP contribution in [0.5, 0.6) is 5.88 Å². The van der Waals surface area contributed by atoms with E-state index in [1.165, 1.54) is 6.42 Å². The second-order valence-electron chi connectivity index (χ2n) is 6.35. The van der Waals surface area contributed by atoms with Crippen molar-refractivity contribution in [1.29, 1.82) is 0 Å². The number of rotatable bonds is 11. The smallest absolute Gasteiger partial charge is 0.251 e. The molecular formula is C21H29N3O3. The van der Waals surface area contributed by atoms with Crippen LogP contribution in [-0.4, -0.2) is 44.8 Å². The molecule has 1 aromatic carbocycles. The molecule has 1 N–H and O–H groups in total. The number of aromatic nitrogens is 1. The number of methoxy groups -OCH3 is 1. The number of carbonyl (C=O) groups excluding carboxylic acids is 1. The van der Waals surface area contributed by atoms with Gasteiger partial charge in [0.1, 0.15) is 6.61 Å². The summed E-state index contributed by atoms with van der Waals surface area (Å²) in [4.78, 5) is 18.8. The highest BCUT2D eigenvalue weighted by Crippen LogP contribution is 2.15. The molecule has 2 rings (SSSR count). The highest BCUT2D eigenvalue weighted by atomic mass is 16.5. The first-order valence-electron chi connectivity index (χ1n) is 9.30. The first kappa shape index (κ1) is 20.7. The van der Waals surface area contributed by atoms with Crippen LogP contribution in [0.3, 0.4) is 0 Å². The van der Waals surface area contributed by atoms with Crippen molar-refractivity contribution in [3.63, 3.8) is 0 Å². The molecule has 0 radical (unpaired) electrons. The molecule has 0 atom stereocenters. The van der Waals surface area contributed by atoms with Crippen molar-refractivity contribution in [1.82, 2.24) is 10.3 Å². The molecule has 0 aliphatic rings. The number of amides is 1. The molecule has 0 spiro atoms. The largest absolute Gasteiger partial charge is 0.475 e. The summed E-state index contributed by atoms with van der Waals surface area (Å²) < 4.78 is 10.4. The average molecular weight is 371 g/mol. The van der Waals surface area contributed by atoms with E-state index in [1.54, 1.807) is 19.4 Å². The molecule has 0 bridgehead atoms. The Balaban J connectivity index is 1.82. The molecule has 6 heteroatoms. The summed E-state index contributed by atoms with van der Waals surface area (Å²) in [5.41, 5.74) is 2.68. The maximum Gasteiger partial charge on any atom is 0.251 e. The topological polar surface area (TPSA) is 63.7 Å². The minimum absolute atomic E-state index is 0.0989. The number of nitrogens with one attached hydrogen (secondary N) is 1. The SMILES string of the molecule is CCCCN(C)c1ccc(C(=O)NCc2ccc(OCCOC)nc2)cc1. The zero-order chi connectivity index (χ0) is 19.5. The lowest BCUT2D eigenvalue weighted by Crippen LogP contribution is -2.23. The minimum Gasteiger partial charge on any atom is -0.475 e. The Morgan fingerprint density at radius 3 is 2.56 bits per heavy atom. The highest BCUT2D eigenvalue weighted by molar-refractivity contribution is 5.94. The van der Waals surface area contributed by atoms with Crippen LogP contribution in [0.15, 0.2) is 42.6 Å². The van der Waals surface area contributed by atoms with E-state index in [4.69, 9.17) is 9.47 Å². The Kier molecular flexibility index (Phi) is 8.58. The number of hydrogen-bond acceptors (Lipinski definition) is 5. The van der Waals surface area contributed by atoms with Crippen molar-refractivity contribution in [2.45, 2.75) is 26.3 Å². The molecule has 2 aromatic rings. The number of unbranched alkanes of at least 4 members (excludes halogenated alkanes) is 1. The predicted molar refractivity (Wildman–Crippen MR) is 107 cm³/mol. The maximum absolute atomic E-state index is 12.3. The quantitative estimate of drug-likeness (QED) is 0.614. The van der Waals surface area contributed by atoms with Gasteiger partial charge in [0, 0.05) is 50.8 Å². The van der Waals surface area contributed by atoms with Crippen LogP contribution in [0.1, 0.15) is 35.7 Å². The van der Waals surface area contributed by atoms with Gasteiger partial charge in [-0.2, -0.15) is 0 Å². The summed E-state index contributed by atoms with van der Waals surface area (Å²) in [5, 5.41) is 2.92. The second-order valence-corrected chi connectivity index (χ2v) is 6.35. The number of pyridine rings is 1. The fraction of sp³-hybridized carbons (Fsp3) is 0.429. The van der Waals surface area contributed by atoms with Crippen molar-refractivity contribution in [2.24, 2.45) is 0 Å². The summed E-state index contributed by atoms with van der Waals surface area (Å²) in [7, 11) is 3.70. The molecular weight excluding hydrogens is 342 g/mol. The lowest BCUT2D eigenvalue weighted by molar-refractivity contribution is 0.0951. The standard InChI is InChI=1S/C21H29N3O3/c1-4-5-12-24(2)19-9-7-18(8-10-19)21(25)23-16-17-6-11-20(22-15-17)27-14-13-26-3/h6-11,15H,4-5,12-14,16H2,1-3H3,(H,23,25). The zero-order valence-electron chi connectivity index (χ0n) is 16.4. The predicted octanol–water partition coefficient (Wildman–Crippen LogP) is 3.27. The van der Waals surface area contributed by atoms with E-state index < -0.39 is 0 Å². The minimum atomic E-state index is -0.0989. The normalized spacial score (nSPS) is 10.5. The lowest BCUT2D eigenvalue weighted by atomic mass is 10.1. The third-order valence-corrected chi connectivity index (χ3v) is 4.21. The van der Waals surface area contributed by atoms with Crippen LogP contribution in [0.2, 0.25) is 0 Å². The van der Waals surface area contributed by atoms with Gasteiger partial charge >= 0.3 is 0 Å². The second kappa shape index (κ2) is 11.2. The van der Waals surface area contributed by atoms with Crippen molar-refractivity contribution in [2.75, 3.05) is 38.8 Å². The van der Waals surface area contributed by atoms with Crippen LogP contribution >= 0.6 is 0 Å². The van der Waals surface area contributed by atoms with E-state index in [2.05, 4.69) is 29.2 Å². The number of hydrogen-bond donors (Lipinski definition) is 1. The van der Waals surface area contributed by atoms with Gasteiger partial charge in [0.2, 0.25) is 5.88 Å². The number of ether oxygens (including phenoxy) is 2. The Labute approximate surface area is 161 Å². The van der Waals surface area contributed by atoms with Gasteiger partial charge in [-0.1, -0.05) is 19.4 Å². The van der Waals surface area contributed by atoms with E-state index in [0.717, 1.165) is 24.2 Å². The Morgan fingerprint density at radius 1 is 1.15 bits per heavy atom. The molecule has 0 saturated carbocycles. The Morgan fingerprint density at radius 2 is 1.93 bits per heavy atom. The van der Waals surface area contributed by atoms with Gasteiger partial charge in [-0.3, -0.25) is 4.79 Å². The van der Waals surface area contributed by atoms with Gasteiger partial charge in [-0.25, -0.2) is 4.98 Å². The Hall–Kier alpha value is -2.60. The van der Waals surface area contributed by atoms with E-state index >= 15 is 0 Å². The molecule has 27 heavy (non-hydrogen) atoms. The third-order valence-electron chi connectivity index (χ3n) is 4.21.